The molecule has 0 radical (unpaired) electrons. The molecule has 0 N–H and O–H groups in total. The fraction of sp³-hybridized carbons (Fsp3) is 0.0588. The van der Waals surface area contributed by atoms with Gasteiger partial charge in [-0.05, 0) is 103 Å². The van der Waals surface area contributed by atoms with Crippen LogP contribution in [-0.4, -0.2) is 0 Å². The van der Waals surface area contributed by atoms with Crippen LogP contribution in [0.15, 0.2) is 200 Å². The molecule has 1 heteroatoms. The van der Waals surface area contributed by atoms with E-state index in [1.165, 1.54) is 66.8 Å². The topological polar surface area (TPSA) is 3.24 Å². The zero-order valence-electron chi connectivity index (χ0n) is 29.5. The van der Waals surface area contributed by atoms with E-state index in [1.54, 1.807) is 0 Å². The number of anilines is 3. The molecule has 0 aromatic heterocycles. The van der Waals surface area contributed by atoms with Gasteiger partial charge in [0.15, 0.2) is 0 Å². The summed E-state index contributed by atoms with van der Waals surface area (Å²) in [7, 11) is 0. The van der Waals surface area contributed by atoms with E-state index >= 15 is 0 Å². The lowest BCUT2D eigenvalue weighted by atomic mass is 9.78. The van der Waals surface area contributed by atoms with Gasteiger partial charge in [0, 0.05) is 22.5 Å². The Morgan fingerprint density at radius 1 is 0.308 bits per heavy atom. The summed E-state index contributed by atoms with van der Waals surface area (Å²) in [5, 5.41) is 0. The molecule has 0 spiro atoms. The summed E-state index contributed by atoms with van der Waals surface area (Å²) in [4.78, 5) is 2.41. The molecule has 8 aromatic rings. The van der Waals surface area contributed by atoms with E-state index in [1.807, 2.05) is 0 Å². The van der Waals surface area contributed by atoms with Gasteiger partial charge in [0.05, 0.1) is 0 Å². The number of benzene rings is 8. The largest absolute Gasteiger partial charge is 0.310 e. The summed E-state index contributed by atoms with van der Waals surface area (Å²) in [6.45, 7) is 4.74. The molecule has 0 aliphatic heterocycles. The minimum atomic E-state index is -0.129. The highest BCUT2D eigenvalue weighted by molar-refractivity contribution is 5.93. The monoisotopic (exact) mass is 665 g/mol. The number of fused-ring (bicyclic) bond motifs is 3. The summed E-state index contributed by atoms with van der Waals surface area (Å²) >= 11 is 0. The second-order valence-electron chi connectivity index (χ2n) is 14.2. The summed E-state index contributed by atoms with van der Waals surface area (Å²) in [5.74, 6) is 0. The molecule has 0 heterocycles. The van der Waals surface area contributed by atoms with Crippen LogP contribution < -0.4 is 4.90 Å². The van der Waals surface area contributed by atoms with Crippen molar-refractivity contribution in [2.24, 2.45) is 0 Å². The van der Waals surface area contributed by atoms with Crippen LogP contribution in [0.25, 0.3) is 55.6 Å². The summed E-state index contributed by atoms with van der Waals surface area (Å²) in [6, 6.07) is 72.7. The van der Waals surface area contributed by atoms with E-state index in [0.29, 0.717) is 0 Å². The maximum Gasteiger partial charge on any atom is 0.0474 e. The SMILES string of the molecule is CC1(C)c2ccccc2-c2cc(N(c3ccc(-c4ccccc4)cc3)c3ccc(-c4ccc(-c5ccccc5)cc4)cc3)cc(-c3ccccc3)c21. The highest BCUT2D eigenvalue weighted by Crippen LogP contribution is 2.54. The molecular formula is C51H39N. The first-order valence-corrected chi connectivity index (χ1v) is 18.1. The van der Waals surface area contributed by atoms with Crippen molar-refractivity contribution in [1.82, 2.24) is 0 Å². The van der Waals surface area contributed by atoms with Crippen molar-refractivity contribution in [3.05, 3.63) is 211 Å². The van der Waals surface area contributed by atoms with Gasteiger partial charge in [-0.15, -0.1) is 0 Å². The molecule has 0 saturated carbocycles. The van der Waals surface area contributed by atoms with Crippen LogP contribution in [0, 0.1) is 0 Å². The van der Waals surface area contributed by atoms with Gasteiger partial charge in [-0.1, -0.05) is 178 Å². The van der Waals surface area contributed by atoms with Crippen LogP contribution in [0.4, 0.5) is 17.1 Å². The van der Waals surface area contributed by atoms with Crippen molar-refractivity contribution in [3.63, 3.8) is 0 Å². The average Bonchev–Trinajstić information content (AvgIpc) is 3.45. The predicted molar refractivity (Wildman–Crippen MR) is 220 cm³/mol. The van der Waals surface area contributed by atoms with E-state index in [-0.39, 0.29) is 5.41 Å². The van der Waals surface area contributed by atoms with Gasteiger partial charge in [0.25, 0.3) is 0 Å². The first-order chi connectivity index (χ1) is 25.5. The number of hydrogen-bond donors (Lipinski definition) is 0. The third-order valence-electron chi connectivity index (χ3n) is 10.7. The van der Waals surface area contributed by atoms with Crippen molar-refractivity contribution < 1.29 is 0 Å². The number of nitrogens with zero attached hydrogens (tertiary/aromatic N) is 1. The Morgan fingerprint density at radius 2 is 0.673 bits per heavy atom. The van der Waals surface area contributed by atoms with Crippen LogP contribution >= 0.6 is 0 Å². The lowest BCUT2D eigenvalue weighted by Gasteiger charge is -2.29. The zero-order chi connectivity index (χ0) is 35.1. The molecule has 1 aliphatic rings. The Morgan fingerprint density at radius 3 is 1.15 bits per heavy atom. The summed E-state index contributed by atoms with van der Waals surface area (Å²) in [6.07, 6.45) is 0. The molecule has 248 valence electrons. The zero-order valence-corrected chi connectivity index (χ0v) is 29.5. The maximum absolute atomic E-state index is 2.41. The average molecular weight is 666 g/mol. The normalized spacial score (nSPS) is 12.6. The Labute approximate surface area is 307 Å². The fourth-order valence-corrected chi connectivity index (χ4v) is 8.05. The van der Waals surface area contributed by atoms with Gasteiger partial charge >= 0.3 is 0 Å². The molecule has 0 unspecified atom stereocenters. The number of hydrogen-bond acceptors (Lipinski definition) is 1. The van der Waals surface area contributed by atoms with Crippen LogP contribution in [0.3, 0.4) is 0 Å². The predicted octanol–water partition coefficient (Wildman–Crippen LogP) is 14.1. The molecular weight excluding hydrogens is 627 g/mol. The summed E-state index contributed by atoms with van der Waals surface area (Å²) < 4.78 is 0. The van der Waals surface area contributed by atoms with Crippen LogP contribution in [-0.2, 0) is 5.41 Å². The van der Waals surface area contributed by atoms with E-state index in [9.17, 15) is 0 Å². The summed E-state index contributed by atoms with van der Waals surface area (Å²) in [5.41, 5.74) is 18.4. The van der Waals surface area contributed by atoms with E-state index in [2.05, 4.69) is 219 Å². The molecule has 1 aliphatic carbocycles. The quantitative estimate of drug-likeness (QED) is 0.164. The van der Waals surface area contributed by atoms with Crippen LogP contribution in [0.5, 0.6) is 0 Å². The minimum Gasteiger partial charge on any atom is -0.310 e. The third kappa shape index (κ3) is 5.61. The molecule has 0 amide bonds. The molecule has 8 aromatic carbocycles. The van der Waals surface area contributed by atoms with Gasteiger partial charge in [-0.25, -0.2) is 0 Å². The fourth-order valence-electron chi connectivity index (χ4n) is 8.05. The van der Waals surface area contributed by atoms with Crippen molar-refractivity contribution in [1.29, 1.82) is 0 Å². The molecule has 9 rings (SSSR count). The third-order valence-corrected chi connectivity index (χ3v) is 10.7. The molecule has 52 heavy (non-hydrogen) atoms. The Bertz CT molecular complexity index is 2480. The van der Waals surface area contributed by atoms with E-state index < -0.39 is 0 Å². The van der Waals surface area contributed by atoms with Crippen LogP contribution in [0.2, 0.25) is 0 Å². The van der Waals surface area contributed by atoms with Crippen molar-refractivity contribution in [2.75, 3.05) is 4.90 Å². The van der Waals surface area contributed by atoms with Crippen molar-refractivity contribution in [2.45, 2.75) is 19.3 Å². The second kappa shape index (κ2) is 13.0. The smallest absolute Gasteiger partial charge is 0.0474 e. The lowest BCUT2D eigenvalue weighted by molar-refractivity contribution is 0.662. The van der Waals surface area contributed by atoms with Gasteiger partial charge in [-0.3, -0.25) is 0 Å². The standard InChI is InChI=1S/C51H39N/c1-51(2)49-21-13-12-20-46(49)48-35-45(34-47(50(48)51)42-18-10-5-11-19-42)52(43-30-26-40(27-31-43)37-16-8-4-9-17-37)44-32-28-41(29-33-44)39-24-22-38(23-25-39)36-14-6-3-7-15-36/h3-35H,1-2H3. The highest BCUT2D eigenvalue weighted by Gasteiger charge is 2.38. The first-order valence-electron chi connectivity index (χ1n) is 18.1. The molecule has 0 saturated heterocycles. The molecule has 1 nitrogen and oxygen atoms in total. The highest BCUT2D eigenvalue weighted by atomic mass is 15.1. The van der Waals surface area contributed by atoms with Gasteiger partial charge in [-0.2, -0.15) is 0 Å². The Kier molecular flexibility index (Phi) is 7.90. The molecule has 0 atom stereocenters. The van der Waals surface area contributed by atoms with Crippen LogP contribution in [0.1, 0.15) is 25.0 Å². The number of rotatable bonds is 7. The Balaban J connectivity index is 1.19. The van der Waals surface area contributed by atoms with Gasteiger partial charge in [0.2, 0.25) is 0 Å². The lowest BCUT2D eigenvalue weighted by Crippen LogP contribution is -2.17. The molecule has 0 fully saturated rings. The van der Waals surface area contributed by atoms with E-state index in [4.69, 9.17) is 0 Å². The second-order valence-corrected chi connectivity index (χ2v) is 14.2. The minimum absolute atomic E-state index is 0.129. The Hall–Kier alpha value is -6.44. The maximum atomic E-state index is 2.41. The molecule has 0 bridgehead atoms. The van der Waals surface area contributed by atoms with Crippen molar-refractivity contribution in [3.8, 4) is 55.6 Å². The van der Waals surface area contributed by atoms with Crippen molar-refractivity contribution >= 4 is 17.1 Å². The first kappa shape index (κ1) is 31.5. The van der Waals surface area contributed by atoms with E-state index in [0.717, 1.165) is 17.1 Å². The van der Waals surface area contributed by atoms with Gasteiger partial charge < -0.3 is 4.90 Å². The van der Waals surface area contributed by atoms with Gasteiger partial charge in [0.1, 0.15) is 0 Å².